The average molecular weight is 196 g/mol. The Bertz CT molecular complexity index is 448. The lowest BCUT2D eigenvalue weighted by atomic mass is 10.2. The highest BCUT2D eigenvalue weighted by Gasteiger charge is 2.07. The summed E-state index contributed by atoms with van der Waals surface area (Å²) in [7, 11) is 0. The number of aromatic nitrogens is 1. The summed E-state index contributed by atoms with van der Waals surface area (Å²) < 4.78 is 25.9. The van der Waals surface area contributed by atoms with Crippen LogP contribution < -0.4 is 5.73 Å². The second-order valence-electron chi connectivity index (χ2n) is 3.14. The van der Waals surface area contributed by atoms with Gasteiger partial charge in [0.25, 0.3) is 6.43 Å². The van der Waals surface area contributed by atoms with Crippen LogP contribution >= 0.6 is 0 Å². The smallest absolute Gasteiger partial charge is 0.256 e. The van der Waals surface area contributed by atoms with Crippen LogP contribution in [0.3, 0.4) is 0 Å². The molecule has 0 atom stereocenters. The zero-order valence-corrected chi connectivity index (χ0v) is 7.45. The van der Waals surface area contributed by atoms with Gasteiger partial charge < -0.3 is 10.3 Å². The van der Waals surface area contributed by atoms with Gasteiger partial charge in [0.05, 0.1) is 12.1 Å². The molecule has 0 fully saturated rings. The highest BCUT2D eigenvalue weighted by atomic mass is 19.3. The van der Waals surface area contributed by atoms with E-state index in [1.165, 1.54) is 4.57 Å². The van der Waals surface area contributed by atoms with E-state index in [1.807, 2.05) is 0 Å². The van der Waals surface area contributed by atoms with E-state index < -0.39 is 6.43 Å². The van der Waals surface area contributed by atoms with Crippen LogP contribution in [0.25, 0.3) is 10.9 Å². The third kappa shape index (κ3) is 1.43. The minimum Gasteiger partial charge on any atom is -0.398 e. The number of nitrogen functional groups attached to an aromatic ring is 1. The van der Waals surface area contributed by atoms with E-state index in [1.54, 1.807) is 30.5 Å². The SMILES string of the molecule is Nc1cccc2c1ccn2CC(F)F. The summed E-state index contributed by atoms with van der Waals surface area (Å²) in [6.07, 6.45) is -0.709. The normalized spacial score (nSPS) is 11.4. The quantitative estimate of drug-likeness (QED) is 0.735. The number of nitrogens with zero attached hydrogens (tertiary/aromatic N) is 1. The van der Waals surface area contributed by atoms with E-state index >= 15 is 0 Å². The Kier molecular flexibility index (Phi) is 2.11. The van der Waals surface area contributed by atoms with Gasteiger partial charge >= 0.3 is 0 Å². The van der Waals surface area contributed by atoms with E-state index in [9.17, 15) is 8.78 Å². The second-order valence-corrected chi connectivity index (χ2v) is 3.14. The molecule has 0 radical (unpaired) electrons. The maximum atomic E-state index is 12.2. The van der Waals surface area contributed by atoms with Crippen molar-refractivity contribution >= 4 is 16.6 Å². The molecule has 4 heteroatoms. The van der Waals surface area contributed by atoms with Gasteiger partial charge in [0.1, 0.15) is 0 Å². The molecule has 74 valence electrons. The van der Waals surface area contributed by atoms with E-state index in [-0.39, 0.29) is 6.54 Å². The van der Waals surface area contributed by atoms with Gasteiger partial charge in [0.15, 0.2) is 0 Å². The summed E-state index contributed by atoms with van der Waals surface area (Å²) in [5, 5.41) is 0.827. The van der Waals surface area contributed by atoms with Crippen LogP contribution in [0.4, 0.5) is 14.5 Å². The predicted molar refractivity (Wildman–Crippen MR) is 52.4 cm³/mol. The van der Waals surface area contributed by atoms with Crippen LogP contribution in [-0.4, -0.2) is 11.0 Å². The molecule has 1 aromatic carbocycles. The van der Waals surface area contributed by atoms with Gasteiger partial charge in [-0.05, 0) is 18.2 Å². The molecule has 0 saturated heterocycles. The lowest BCUT2D eigenvalue weighted by molar-refractivity contribution is 0.128. The molecule has 0 saturated carbocycles. The Morgan fingerprint density at radius 2 is 2.07 bits per heavy atom. The summed E-state index contributed by atoms with van der Waals surface area (Å²) in [6, 6.07) is 7.07. The molecule has 1 aromatic heterocycles. The molecule has 0 bridgehead atoms. The highest BCUT2D eigenvalue weighted by molar-refractivity contribution is 5.91. The highest BCUT2D eigenvalue weighted by Crippen LogP contribution is 2.22. The number of nitrogens with two attached hydrogens (primary N) is 1. The molecular weight excluding hydrogens is 186 g/mol. The topological polar surface area (TPSA) is 30.9 Å². The van der Waals surface area contributed by atoms with Crippen molar-refractivity contribution in [2.45, 2.75) is 13.0 Å². The molecular formula is C10H10F2N2. The second kappa shape index (κ2) is 3.29. The fraction of sp³-hybridized carbons (Fsp3) is 0.200. The number of alkyl halides is 2. The number of fused-ring (bicyclic) bond motifs is 1. The molecule has 0 aliphatic carbocycles. The summed E-state index contributed by atoms with van der Waals surface area (Å²) in [4.78, 5) is 0. The Morgan fingerprint density at radius 3 is 2.79 bits per heavy atom. The van der Waals surface area contributed by atoms with Gasteiger partial charge in [-0.3, -0.25) is 0 Å². The number of halogens is 2. The van der Waals surface area contributed by atoms with Crippen LogP contribution in [0.5, 0.6) is 0 Å². The Hall–Kier alpha value is -1.58. The van der Waals surface area contributed by atoms with Crippen LogP contribution in [0.1, 0.15) is 0 Å². The number of hydrogen-bond acceptors (Lipinski definition) is 1. The van der Waals surface area contributed by atoms with Gasteiger partial charge in [0.2, 0.25) is 0 Å². The molecule has 14 heavy (non-hydrogen) atoms. The minimum absolute atomic E-state index is 0.285. The zero-order chi connectivity index (χ0) is 10.1. The number of hydrogen-bond donors (Lipinski definition) is 1. The first-order valence-corrected chi connectivity index (χ1v) is 4.30. The summed E-state index contributed by atoms with van der Waals surface area (Å²) in [5.41, 5.74) is 7.08. The molecule has 2 aromatic rings. The van der Waals surface area contributed by atoms with Crippen LogP contribution in [0.2, 0.25) is 0 Å². The van der Waals surface area contributed by atoms with E-state index in [0.717, 1.165) is 10.9 Å². The summed E-state index contributed by atoms with van der Waals surface area (Å²) >= 11 is 0. The van der Waals surface area contributed by atoms with Crippen LogP contribution in [0, 0.1) is 0 Å². The van der Waals surface area contributed by atoms with Crippen molar-refractivity contribution in [3.8, 4) is 0 Å². The van der Waals surface area contributed by atoms with Crippen molar-refractivity contribution in [2.24, 2.45) is 0 Å². The van der Waals surface area contributed by atoms with Crippen LogP contribution in [-0.2, 0) is 6.54 Å². The molecule has 2 N–H and O–H groups in total. The first kappa shape index (κ1) is 8.99. The molecule has 1 heterocycles. The maximum Gasteiger partial charge on any atom is 0.256 e. The predicted octanol–water partition coefficient (Wildman–Crippen LogP) is 2.49. The standard InChI is InChI=1S/C10H10F2N2/c11-10(12)6-14-5-4-7-8(13)2-1-3-9(7)14/h1-5,10H,6,13H2. The van der Waals surface area contributed by atoms with Crippen molar-refractivity contribution in [3.05, 3.63) is 30.5 Å². The van der Waals surface area contributed by atoms with Gasteiger partial charge in [0, 0.05) is 17.3 Å². The third-order valence-corrected chi connectivity index (χ3v) is 2.18. The van der Waals surface area contributed by atoms with Crippen molar-refractivity contribution < 1.29 is 8.78 Å². The summed E-state index contributed by atoms with van der Waals surface area (Å²) in [5.74, 6) is 0. The first-order chi connectivity index (χ1) is 6.68. The monoisotopic (exact) mass is 196 g/mol. The zero-order valence-electron chi connectivity index (χ0n) is 7.45. The van der Waals surface area contributed by atoms with Crippen molar-refractivity contribution in [2.75, 3.05) is 5.73 Å². The van der Waals surface area contributed by atoms with E-state index in [2.05, 4.69) is 0 Å². The molecule has 2 nitrogen and oxygen atoms in total. The fourth-order valence-electron chi connectivity index (χ4n) is 1.56. The van der Waals surface area contributed by atoms with Crippen LogP contribution in [0.15, 0.2) is 30.5 Å². The molecule has 2 rings (SSSR count). The minimum atomic E-state index is -2.34. The summed E-state index contributed by atoms with van der Waals surface area (Å²) in [6.45, 7) is -0.285. The molecule has 0 aliphatic rings. The molecule has 0 amide bonds. The van der Waals surface area contributed by atoms with Gasteiger partial charge in [-0.1, -0.05) is 6.07 Å². The fourth-order valence-corrected chi connectivity index (χ4v) is 1.56. The first-order valence-electron chi connectivity index (χ1n) is 4.30. The third-order valence-electron chi connectivity index (χ3n) is 2.18. The number of benzene rings is 1. The van der Waals surface area contributed by atoms with E-state index in [0.29, 0.717) is 5.69 Å². The van der Waals surface area contributed by atoms with Crippen molar-refractivity contribution in [3.63, 3.8) is 0 Å². The Balaban J connectivity index is 2.52. The Labute approximate surface area is 79.9 Å². The largest absolute Gasteiger partial charge is 0.398 e. The Morgan fingerprint density at radius 1 is 1.29 bits per heavy atom. The number of anilines is 1. The van der Waals surface area contributed by atoms with Gasteiger partial charge in [-0.15, -0.1) is 0 Å². The van der Waals surface area contributed by atoms with Gasteiger partial charge in [-0.25, -0.2) is 8.78 Å². The van der Waals surface area contributed by atoms with E-state index in [4.69, 9.17) is 5.73 Å². The maximum absolute atomic E-state index is 12.2. The molecule has 0 spiro atoms. The molecule has 0 unspecified atom stereocenters. The lowest BCUT2D eigenvalue weighted by Crippen LogP contribution is -2.04. The number of rotatable bonds is 2. The van der Waals surface area contributed by atoms with Crippen molar-refractivity contribution in [1.29, 1.82) is 0 Å². The lowest BCUT2D eigenvalue weighted by Gasteiger charge is -2.04. The van der Waals surface area contributed by atoms with Crippen molar-refractivity contribution in [1.82, 2.24) is 4.57 Å². The molecule has 0 aliphatic heterocycles. The van der Waals surface area contributed by atoms with Gasteiger partial charge in [-0.2, -0.15) is 0 Å². The average Bonchev–Trinajstić information content (AvgIpc) is 2.49.